The molecule has 15 unspecified atom stereocenters. The van der Waals surface area contributed by atoms with Crippen molar-refractivity contribution >= 4 is 35.4 Å². The van der Waals surface area contributed by atoms with E-state index in [0.29, 0.717) is 189 Å². The molecule has 4 heterocycles. The van der Waals surface area contributed by atoms with Crippen LogP contribution in [0, 0.1) is 91.8 Å². The number of nitrogens with zero attached hydrogens (tertiary/aromatic N) is 1. The van der Waals surface area contributed by atoms with Crippen LogP contribution in [-0.4, -0.2) is 162 Å². The molecule has 116 heavy (non-hydrogen) atoms. The molecular formula is C96H170N4O16. The van der Waals surface area contributed by atoms with Crippen LogP contribution in [-0.2, 0) is 73.1 Å². The smallest absolute Gasteiger partial charge is 0.311 e. The molecule has 1 aromatic rings. The van der Waals surface area contributed by atoms with E-state index in [2.05, 4.69) is 141 Å². The van der Waals surface area contributed by atoms with Gasteiger partial charge in [-0.3, -0.25) is 28.8 Å². The van der Waals surface area contributed by atoms with Crippen LogP contribution in [0.2, 0.25) is 0 Å². The number of unbranched alkanes of at least 4 members (excludes halogenated alkanes) is 5. The molecule has 20 heteroatoms. The fourth-order valence-electron chi connectivity index (χ4n) is 17.8. The number of esters is 1. The molecule has 0 radical (unpaired) electrons. The van der Waals surface area contributed by atoms with E-state index in [-0.39, 0.29) is 123 Å². The second-order valence-corrected chi connectivity index (χ2v) is 37.0. The Morgan fingerprint density at radius 2 is 0.905 bits per heavy atom. The van der Waals surface area contributed by atoms with E-state index in [1.165, 1.54) is 44.9 Å². The Kier molecular flexibility index (Phi) is 49.1. The number of hydrogen-bond donors (Lipinski definition) is 3. The van der Waals surface area contributed by atoms with Gasteiger partial charge in [0.15, 0.2) is 18.9 Å². The van der Waals surface area contributed by atoms with E-state index in [0.717, 1.165) is 110 Å². The first-order valence-electron chi connectivity index (χ1n) is 47.1. The Morgan fingerprint density at radius 3 is 1.39 bits per heavy atom. The fraction of sp³-hybridized carbons (Fsp3) is 0.875. The molecule has 0 bridgehead atoms. The maximum Gasteiger partial charge on any atom is 0.311 e. The molecule has 3 saturated heterocycles. The van der Waals surface area contributed by atoms with Gasteiger partial charge in [0, 0.05) is 114 Å². The van der Waals surface area contributed by atoms with Crippen LogP contribution in [0.4, 0.5) is 0 Å². The van der Waals surface area contributed by atoms with Gasteiger partial charge in [-0.05, 0) is 213 Å². The molecule has 3 N–H and O–H groups in total. The Bertz CT molecular complexity index is 2900. The average molecular weight is 1640 g/mol. The monoisotopic (exact) mass is 1640 g/mol. The van der Waals surface area contributed by atoms with Gasteiger partial charge in [-0.15, -0.1) is 0 Å². The van der Waals surface area contributed by atoms with E-state index in [1.807, 2.05) is 13.8 Å². The van der Waals surface area contributed by atoms with E-state index >= 15 is 0 Å². The SMILES string of the molecule is CCC1OC(OCCCCC(=O)CCCCC[C@H](NC(=O)CCOCCOCCCC(=O)Oc2c(C)c(C)c3c(c2C)CC[C@@](C)(CCC[C@H](C)CCC[C@H](C)CCCC(C)C)O3)C(=O)N(CCCNC(=O)CCCCOC2OC(CC)C(C)C(C)C2C)CCCNC(=O)CCCCOC2OC(CC)C(C)C(C)C2C)C(C)C(C)C1C. The second kappa shape index (κ2) is 55.7. The molecule has 0 aliphatic carbocycles. The number of carbonyl (C=O) groups excluding carboxylic acids is 6. The maximum atomic E-state index is 15.0. The van der Waals surface area contributed by atoms with Crippen LogP contribution in [0.1, 0.15) is 345 Å². The van der Waals surface area contributed by atoms with Crippen LogP contribution < -0.4 is 25.4 Å². The summed E-state index contributed by atoms with van der Waals surface area (Å²) in [5.74, 6) is 6.81. The zero-order chi connectivity index (χ0) is 85.3. The molecule has 0 aromatic heterocycles. The number of ether oxygens (including phenoxy) is 10. The van der Waals surface area contributed by atoms with Crippen molar-refractivity contribution in [3.63, 3.8) is 0 Å². The number of nitrogens with one attached hydrogen (secondary N) is 3. The molecule has 1 aromatic carbocycles. The first-order valence-corrected chi connectivity index (χ1v) is 47.1. The normalized spacial score (nSPS) is 26.2. The summed E-state index contributed by atoms with van der Waals surface area (Å²) in [5.41, 5.74) is 3.83. The molecule has 670 valence electrons. The lowest BCUT2D eigenvalue weighted by Gasteiger charge is -2.43. The van der Waals surface area contributed by atoms with Gasteiger partial charge in [0.2, 0.25) is 23.6 Å². The summed E-state index contributed by atoms with van der Waals surface area (Å²) in [6.07, 6.45) is 25.6. The van der Waals surface area contributed by atoms with Crippen molar-refractivity contribution in [2.75, 3.05) is 72.4 Å². The van der Waals surface area contributed by atoms with Crippen molar-refractivity contribution in [3.05, 3.63) is 22.3 Å². The summed E-state index contributed by atoms with van der Waals surface area (Å²) in [6.45, 7) is 48.4. The highest BCUT2D eigenvalue weighted by atomic mass is 16.7. The minimum absolute atomic E-state index is 0.0106. The third kappa shape index (κ3) is 36.0. The largest absolute Gasteiger partial charge is 0.487 e. The van der Waals surface area contributed by atoms with Gasteiger partial charge >= 0.3 is 5.97 Å². The van der Waals surface area contributed by atoms with Gasteiger partial charge in [0.1, 0.15) is 28.9 Å². The number of ketones is 1. The van der Waals surface area contributed by atoms with Gasteiger partial charge in [0.05, 0.1) is 38.1 Å². The third-order valence-electron chi connectivity index (χ3n) is 27.3. The number of carbonyl (C=O) groups is 6. The van der Waals surface area contributed by atoms with Crippen LogP contribution >= 0.6 is 0 Å². The molecule has 4 amide bonds. The fourth-order valence-corrected chi connectivity index (χ4v) is 17.8. The Balaban J connectivity index is 1.11. The van der Waals surface area contributed by atoms with E-state index in [1.54, 1.807) is 4.90 Å². The summed E-state index contributed by atoms with van der Waals surface area (Å²) in [4.78, 5) is 83.6. The molecule has 0 saturated carbocycles. The highest BCUT2D eigenvalue weighted by molar-refractivity contribution is 5.88. The van der Waals surface area contributed by atoms with E-state index < -0.39 is 6.04 Å². The Morgan fingerprint density at radius 1 is 0.448 bits per heavy atom. The molecule has 19 atom stereocenters. The quantitative estimate of drug-likeness (QED) is 0.0312. The number of Topliss-reactive ketones (excluding diaryl/α,β-unsaturated/α-hetero) is 1. The first-order chi connectivity index (χ1) is 55.4. The standard InChI is InChI=1S/C96H170N4O16/c1-21-83-71(11)68(8)76(16)93(112-83)109-59-30-27-45-80(101)44-25-24-26-46-82(99-88(104)51-62-108-64-63-107-58-36-49-89(105)115-90-74(14)75(15)91-81(79(90)19)50-53-96(20,116-91)52-35-43-67(7)42-34-41-66(6)40-33-39-65(4)5)92(106)100(56-37-54-97-86(102)47-28-31-60-110-94-77(17)69(9)72(12)84(22-2)113-94)57-38-55-98-87(103)48-29-32-61-111-95-78(18)70(10)73(13)85(23-3)114-95/h65-73,76-78,82-85,93-95H,21-64H2,1-20H3,(H,97,102)(H,98,103)(H,99,104)/t66-,67-,68?,69?,70?,71?,72?,73?,76?,77?,78?,82+,83?,84?,85?,93?,94?,95?,96-/m1/s1. The lowest BCUT2D eigenvalue weighted by Crippen LogP contribution is -2.50. The van der Waals surface area contributed by atoms with Gasteiger partial charge in [0.25, 0.3) is 0 Å². The molecule has 5 rings (SSSR count). The number of amides is 4. The third-order valence-corrected chi connectivity index (χ3v) is 27.3. The van der Waals surface area contributed by atoms with Crippen molar-refractivity contribution in [3.8, 4) is 11.5 Å². The van der Waals surface area contributed by atoms with E-state index in [4.69, 9.17) is 47.4 Å². The zero-order valence-electron chi connectivity index (χ0n) is 77.1. The summed E-state index contributed by atoms with van der Waals surface area (Å²) >= 11 is 0. The Hall–Kier alpha value is -4.28. The zero-order valence-corrected chi connectivity index (χ0v) is 77.1. The van der Waals surface area contributed by atoms with Gasteiger partial charge in [-0.1, -0.05) is 169 Å². The Labute approximate surface area is 705 Å². The highest BCUT2D eigenvalue weighted by Crippen LogP contribution is 2.46. The highest BCUT2D eigenvalue weighted by Gasteiger charge is 2.42. The number of benzene rings is 1. The lowest BCUT2D eigenvalue weighted by molar-refractivity contribution is -0.248. The number of hydrogen-bond acceptors (Lipinski definition) is 16. The van der Waals surface area contributed by atoms with Gasteiger partial charge in [-0.2, -0.15) is 0 Å². The summed E-state index contributed by atoms with van der Waals surface area (Å²) in [5, 5.41) is 9.19. The molecule has 20 nitrogen and oxygen atoms in total. The van der Waals surface area contributed by atoms with Crippen LogP contribution in [0.25, 0.3) is 0 Å². The topological polar surface area (TPSA) is 234 Å². The van der Waals surface area contributed by atoms with Crippen molar-refractivity contribution in [1.29, 1.82) is 0 Å². The van der Waals surface area contributed by atoms with Gasteiger partial charge < -0.3 is 68.2 Å². The molecular weight excluding hydrogens is 1470 g/mol. The van der Waals surface area contributed by atoms with Crippen LogP contribution in [0.3, 0.4) is 0 Å². The summed E-state index contributed by atoms with van der Waals surface area (Å²) < 4.78 is 62.5. The number of fused-ring (bicyclic) bond motifs is 1. The maximum absolute atomic E-state index is 15.0. The summed E-state index contributed by atoms with van der Waals surface area (Å²) in [6, 6.07) is -0.860. The first kappa shape index (κ1) is 102. The summed E-state index contributed by atoms with van der Waals surface area (Å²) in [7, 11) is 0. The predicted octanol–water partition coefficient (Wildman–Crippen LogP) is 19.8. The van der Waals surface area contributed by atoms with Crippen molar-refractivity contribution in [2.24, 2.45) is 71.0 Å². The average Bonchev–Trinajstić information content (AvgIpc) is 0.757. The second-order valence-electron chi connectivity index (χ2n) is 37.0. The minimum Gasteiger partial charge on any atom is -0.487 e. The number of rotatable bonds is 60. The molecule has 4 aliphatic rings. The van der Waals surface area contributed by atoms with Gasteiger partial charge in [-0.25, -0.2) is 0 Å². The predicted molar refractivity (Wildman–Crippen MR) is 464 cm³/mol. The molecule has 3 fully saturated rings. The van der Waals surface area contributed by atoms with Crippen molar-refractivity contribution in [1.82, 2.24) is 20.9 Å². The van der Waals surface area contributed by atoms with Crippen molar-refractivity contribution < 1.29 is 76.1 Å². The molecule has 0 spiro atoms. The van der Waals surface area contributed by atoms with Crippen molar-refractivity contribution in [2.45, 2.75) is 399 Å². The lowest BCUT2D eigenvalue weighted by atomic mass is 9.78. The van der Waals surface area contributed by atoms with Crippen LogP contribution in [0.15, 0.2) is 0 Å². The van der Waals surface area contributed by atoms with E-state index in [9.17, 15) is 28.8 Å². The van der Waals surface area contributed by atoms with Crippen LogP contribution in [0.5, 0.6) is 11.5 Å². The molecule has 4 aliphatic heterocycles. The minimum atomic E-state index is -0.860.